The Morgan fingerprint density at radius 3 is 1.91 bits per heavy atom. The van der Waals surface area contributed by atoms with E-state index in [9.17, 15) is 9.59 Å². The van der Waals surface area contributed by atoms with Crippen LogP contribution in [0.15, 0.2) is 0 Å². The minimum absolute atomic E-state index is 0.210. The van der Waals surface area contributed by atoms with Crippen LogP contribution in [0.1, 0.15) is 52.4 Å². The fourth-order valence-corrected chi connectivity index (χ4v) is 2.81. The first-order valence-corrected chi connectivity index (χ1v) is 8.27. The van der Waals surface area contributed by atoms with Gasteiger partial charge < -0.3 is 18.9 Å². The summed E-state index contributed by atoms with van der Waals surface area (Å²) in [7, 11) is 0. The molecule has 0 spiro atoms. The maximum Gasteiger partial charge on any atom is 0.306 e. The molecule has 2 heterocycles. The van der Waals surface area contributed by atoms with E-state index in [1.807, 2.05) is 6.92 Å². The van der Waals surface area contributed by atoms with Crippen molar-refractivity contribution < 1.29 is 28.5 Å². The molecule has 6 nitrogen and oxygen atoms in total. The highest BCUT2D eigenvalue weighted by Gasteiger charge is 2.51. The minimum atomic E-state index is -0.396. The highest BCUT2D eigenvalue weighted by molar-refractivity contribution is 5.70. The van der Waals surface area contributed by atoms with Gasteiger partial charge in [0, 0.05) is 12.8 Å². The van der Waals surface area contributed by atoms with Gasteiger partial charge in [0.15, 0.2) is 12.2 Å². The summed E-state index contributed by atoms with van der Waals surface area (Å²) < 4.78 is 22.1. The molecule has 2 saturated heterocycles. The zero-order chi connectivity index (χ0) is 15.9. The first-order valence-electron chi connectivity index (χ1n) is 8.27. The molecular formula is C16H26O6. The van der Waals surface area contributed by atoms with Crippen molar-refractivity contribution in [2.75, 3.05) is 13.2 Å². The normalized spacial score (nSPS) is 30.1. The van der Waals surface area contributed by atoms with Crippen molar-refractivity contribution in [2.45, 2.75) is 76.8 Å². The molecule has 22 heavy (non-hydrogen) atoms. The summed E-state index contributed by atoms with van der Waals surface area (Å²) in [6, 6.07) is 0. The molecule has 0 aromatic rings. The van der Waals surface area contributed by atoms with Crippen LogP contribution in [-0.4, -0.2) is 49.6 Å². The third-order valence-corrected chi connectivity index (χ3v) is 3.97. The van der Waals surface area contributed by atoms with Crippen LogP contribution in [-0.2, 0) is 28.5 Å². The fraction of sp³-hybridized carbons (Fsp3) is 0.875. The Bertz CT molecular complexity index is 383. The van der Waals surface area contributed by atoms with Crippen molar-refractivity contribution in [1.29, 1.82) is 0 Å². The fourth-order valence-electron chi connectivity index (χ4n) is 2.81. The Balaban J connectivity index is 1.77. The lowest BCUT2D eigenvalue weighted by atomic mass is 10.1. The highest BCUT2D eigenvalue weighted by Crippen LogP contribution is 2.31. The van der Waals surface area contributed by atoms with Crippen molar-refractivity contribution in [3.05, 3.63) is 0 Å². The molecule has 0 amide bonds. The summed E-state index contributed by atoms with van der Waals surface area (Å²) in [4.78, 5) is 23.4. The quantitative estimate of drug-likeness (QED) is 0.504. The van der Waals surface area contributed by atoms with Gasteiger partial charge in [0.1, 0.15) is 12.2 Å². The summed E-state index contributed by atoms with van der Waals surface area (Å²) in [6.07, 6.45) is 3.06. The van der Waals surface area contributed by atoms with Gasteiger partial charge in [-0.25, -0.2) is 0 Å². The van der Waals surface area contributed by atoms with Crippen LogP contribution in [0.4, 0.5) is 0 Å². The number of rotatable bonds is 8. The summed E-state index contributed by atoms with van der Waals surface area (Å²) in [5.74, 6) is -0.446. The van der Waals surface area contributed by atoms with Crippen LogP contribution in [0, 0.1) is 0 Å². The standard InChI is InChI=1S/C16H26O6/c1-3-5-6-8-14(18)22-12-10-20-15-11(9-19-16(12)15)21-13(17)7-4-2/h11-12,15-16H,3-10H2,1-2H3/t11-,12+,15+,16+/m0/s1. The van der Waals surface area contributed by atoms with Gasteiger partial charge in [-0.05, 0) is 12.8 Å². The second-order valence-electron chi connectivity index (χ2n) is 5.86. The molecule has 2 rings (SSSR count). The Morgan fingerprint density at radius 1 is 0.864 bits per heavy atom. The summed E-state index contributed by atoms with van der Waals surface area (Å²) in [5.41, 5.74) is 0. The lowest BCUT2D eigenvalue weighted by Gasteiger charge is -2.17. The van der Waals surface area contributed by atoms with Gasteiger partial charge in [0.05, 0.1) is 13.2 Å². The smallest absolute Gasteiger partial charge is 0.306 e. The van der Waals surface area contributed by atoms with Crippen molar-refractivity contribution in [2.24, 2.45) is 0 Å². The molecule has 0 N–H and O–H groups in total. The van der Waals surface area contributed by atoms with Gasteiger partial charge in [0.25, 0.3) is 0 Å². The van der Waals surface area contributed by atoms with Crippen LogP contribution < -0.4 is 0 Å². The van der Waals surface area contributed by atoms with E-state index in [1.165, 1.54) is 0 Å². The molecule has 0 aromatic carbocycles. The van der Waals surface area contributed by atoms with Gasteiger partial charge in [-0.1, -0.05) is 26.7 Å². The summed E-state index contributed by atoms with van der Waals surface area (Å²) >= 11 is 0. The molecule has 2 aliphatic rings. The molecule has 0 bridgehead atoms. The first kappa shape index (κ1) is 17.2. The Labute approximate surface area is 131 Å². The van der Waals surface area contributed by atoms with E-state index < -0.39 is 12.2 Å². The van der Waals surface area contributed by atoms with Crippen LogP contribution in [0.25, 0.3) is 0 Å². The zero-order valence-corrected chi connectivity index (χ0v) is 13.4. The van der Waals surface area contributed by atoms with Crippen molar-refractivity contribution in [3.8, 4) is 0 Å². The number of ether oxygens (including phenoxy) is 4. The van der Waals surface area contributed by atoms with Gasteiger partial charge in [0.2, 0.25) is 0 Å². The third-order valence-electron chi connectivity index (χ3n) is 3.97. The Morgan fingerprint density at radius 2 is 1.41 bits per heavy atom. The molecule has 2 aliphatic heterocycles. The van der Waals surface area contributed by atoms with E-state index in [-0.39, 0.29) is 24.1 Å². The minimum Gasteiger partial charge on any atom is -0.457 e. The van der Waals surface area contributed by atoms with Gasteiger partial charge >= 0.3 is 11.9 Å². The topological polar surface area (TPSA) is 71.1 Å². The number of hydrogen-bond acceptors (Lipinski definition) is 6. The molecule has 0 saturated carbocycles. The Hall–Kier alpha value is -1.14. The maximum absolute atomic E-state index is 11.8. The molecule has 6 heteroatoms. The van der Waals surface area contributed by atoms with E-state index in [0.29, 0.717) is 26.1 Å². The number of hydrogen-bond donors (Lipinski definition) is 0. The summed E-state index contributed by atoms with van der Waals surface area (Å²) in [5, 5.41) is 0. The van der Waals surface area contributed by atoms with Crippen LogP contribution in [0.5, 0.6) is 0 Å². The van der Waals surface area contributed by atoms with E-state index in [0.717, 1.165) is 25.7 Å². The molecule has 126 valence electrons. The van der Waals surface area contributed by atoms with Gasteiger partial charge in [-0.15, -0.1) is 0 Å². The van der Waals surface area contributed by atoms with Crippen molar-refractivity contribution in [3.63, 3.8) is 0 Å². The predicted octanol–water partition coefficient (Wildman–Crippen LogP) is 1.99. The maximum atomic E-state index is 11.8. The highest BCUT2D eigenvalue weighted by atomic mass is 16.7. The lowest BCUT2D eigenvalue weighted by molar-refractivity contribution is -0.155. The van der Waals surface area contributed by atoms with E-state index in [4.69, 9.17) is 18.9 Å². The molecule has 0 radical (unpaired) electrons. The third kappa shape index (κ3) is 4.43. The zero-order valence-electron chi connectivity index (χ0n) is 13.4. The van der Waals surface area contributed by atoms with E-state index in [1.54, 1.807) is 0 Å². The molecule has 0 unspecified atom stereocenters. The van der Waals surface area contributed by atoms with Crippen molar-refractivity contribution >= 4 is 11.9 Å². The average molecular weight is 314 g/mol. The van der Waals surface area contributed by atoms with E-state index in [2.05, 4.69) is 6.92 Å². The van der Waals surface area contributed by atoms with Crippen LogP contribution in [0.2, 0.25) is 0 Å². The van der Waals surface area contributed by atoms with Gasteiger partial charge in [-0.2, -0.15) is 0 Å². The molecular weight excluding hydrogens is 288 g/mol. The second kappa shape index (κ2) is 8.48. The SMILES string of the molecule is CCCCCC(=O)O[C@@H]1CO[C@H]2[C@@H]1OC[C@@H]2OC(=O)CCC. The number of esters is 2. The van der Waals surface area contributed by atoms with Crippen LogP contribution >= 0.6 is 0 Å². The monoisotopic (exact) mass is 314 g/mol. The second-order valence-corrected chi connectivity index (χ2v) is 5.86. The van der Waals surface area contributed by atoms with Crippen molar-refractivity contribution in [1.82, 2.24) is 0 Å². The number of unbranched alkanes of at least 4 members (excludes halogenated alkanes) is 2. The summed E-state index contributed by atoms with van der Waals surface area (Å²) in [6.45, 7) is 4.62. The largest absolute Gasteiger partial charge is 0.457 e. The molecule has 4 atom stereocenters. The first-order chi connectivity index (χ1) is 10.7. The number of fused-ring (bicyclic) bond motifs is 1. The average Bonchev–Trinajstić information content (AvgIpc) is 3.04. The number of carbonyl (C=O) groups excluding carboxylic acids is 2. The lowest BCUT2D eigenvalue weighted by Crippen LogP contribution is -2.35. The molecule has 2 fully saturated rings. The van der Waals surface area contributed by atoms with Crippen LogP contribution in [0.3, 0.4) is 0 Å². The molecule has 0 aliphatic carbocycles. The van der Waals surface area contributed by atoms with Gasteiger partial charge in [-0.3, -0.25) is 9.59 Å². The molecule has 0 aromatic heterocycles. The number of carbonyl (C=O) groups is 2. The van der Waals surface area contributed by atoms with E-state index >= 15 is 0 Å². The predicted molar refractivity (Wildman–Crippen MR) is 78.3 cm³/mol. The Kier molecular flexibility index (Phi) is 6.64.